The zero-order valence-electron chi connectivity index (χ0n) is 14.8. The molecule has 0 aliphatic carbocycles. The molecule has 6 nitrogen and oxygen atoms in total. The number of hydrogen-bond donors (Lipinski definition) is 2. The van der Waals surface area contributed by atoms with Crippen molar-refractivity contribution in [3.05, 3.63) is 59.9 Å². The molecular formula is C20H20N2O4S. The van der Waals surface area contributed by atoms with Crippen LogP contribution in [0.5, 0.6) is 5.75 Å². The number of hydrogen-bond acceptors (Lipinski definition) is 7. The average Bonchev–Trinajstić information content (AvgIpc) is 3.38. The molecule has 1 atom stereocenters. The summed E-state index contributed by atoms with van der Waals surface area (Å²) in [7, 11) is 0. The number of rotatable bonds is 8. The fourth-order valence-electron chi connectivity index (χ4n) is 2.77. The van der Waals surface area contributed by atoms with Crippen molar-refractivity contribution in [2.24, 2.45) is 0 Å². The van der Waals surface area contributed by atoms with E-state index >= 15 is 0 Å². The van der Waals surface area contributed by atoms with E-state index in [0.717, 1.165) is 27.3 Å². The van der Waals surface area contributed by atoms with Crippen LogP contribution in [0.3, 0.4) is 0 Å². The Kier molecular flexibility index (Phi) is 4.98. The highest BCUT2D eigenvalue weighted by Gasteiger charge is 2.21. The molecule has 3 aromatic heterocycles. The first-order valence-corrected chi connectivity index (χ1v) is 9.50. The van der Waals surface area contributed by atoms with E-state index in [9.17, 15) is 5.11 Å². The van der Waals surface area contributed by atoms with Gasteiger partial charge in [-0.05, 0) is 42.6 Å². The summed E-state index contributed by atoms with van der Waals surface area (Å²) in [5, 5.41) is 20.7. The van der Waals surface area contributed by atoms with Gasteiger partial charge in [0.1, 0.15) is 23.7 Å². The molecule has 0 radical (unpaired) electrons. The number of ether oxygens (including phenoxy) is 1. The molecule has 3 heterocycles. The van der Waals surface area contributed by atoms with Crippen molar-refractivity contribution < 1.29 is 18.8 Å². The van der Waals surface area contributed by atoms with Crippen molar-refractivity contribution in [1.82, 2.24) is 10.5 Å². The van der Waals surface area contributed by atoms with Crippen LogP contribution in [-0.2, 0) is 6.54 Å². The van der Waals surface area contributed by atoms with E-state index in [-0.39, 0.29) is 6.61 Å². The minimum atomic E-state index is -1.02. The molecule has 4 rings (SSSR count). The summed E-state index contributed by atoms with van der Waals surface area (Å²) >= 11 is 1.54. The lowest BCUT2D eigenvalue weighted by atomic mass is 10.1. The lowest BCUT2D eigenvalue weighted by Gasteiger charge is -2.24. The summed E-state index contributed by atoms with van der Waals surface area (Å²) in [5.41, 5.74) is -0.126. The van der Waals surface area contributed by atoms with Crippen LogP contribution in [0.4, 0.5) is 0 Å². The Morgan fingerprint density at radius 1 is 1.26 bits per heavy atom. The molecular weight excluding hydrogens is 364 g/mol. The molecule has 0 fully saturated rings. The molecule has 2 N–H and O–H groups in total. The number of nitrogens with one attached hydrogen (secondary N) is 1. The third-order valence-corrected chi connectivity index (χ3v) is 4.93. The summed E-state index contributed by atoms with van der Waals surface area (Å²) in [6.45, 7) is 2.83. The number of fused-ring (bicyclic) bond motifs is 1. The molecule has 27 heavy (non-hydrogen) atoms. The van der Waals surface area contributed by atoms with Crippen LogP contribution in [0.2, 0.25) is 0 Å². The lowest BCUT2D eigenvalue weighted by Crippen LogP contribution is -2.42. The first-order chi connectivity index (χ1) is 13.1. The van der Waals surface area contributed by atoms with Gasteiger partial charge in [-0.2, -0.15) is 0 Å². The Bertz CT molecular complexity index is 1000. The molecule has 0 amide bonds. The second-order valence-corrected chi connectivity index (χ2v) is 7.54. The lowest BCUT2D eigenvalue weighted by molar-refractivity contribution is 0.0118. The van der Waals surface area contributed by atoms with E-state index in [1.807, 2.05) is 47.8 Å². The van der Waals surface area contributed by atoms with Gasteiger partial charge in [-0.25, -0.2) is 0 Å². The van der Waals surface area contributed by atoms with Crippen molar-refractivity contribution >= 4 is 21.6 Å². The van der Waals surface area contributed by atoms with Gasteiger partial charge < -0.3 is 24.1 Å². The van der Waals surface area contributed by atoms with Gasteiger partial charge in [0, 0.05) is 12.1 Å². The Hall–Kier alpha value is -2.61. The van der Waals surface area contributed by atoms with E-state index in [0.29, 0.717) is 18.8 Å². The Morgan fingerprint density at radius 3 is 3.04 bits per heavy atom. The van der Waals surface area contributed by atoms with Gasteiger partial charge in [0.05, 0.1) is 18.2 Å². The Morgan fingerprint density at radius 2 is 2.19 bits per heavy atom. The zero-order chi connectivity index (χ0) is 18.7. The second kappa shape index (κ2) is 7.56. The van der Waals surface area contributed by atoms with Gasteiger partial charge >= 0.3 is 0 Å². The first-order valence-electron chi connectivity index (χ1n) is 8.62. The van der Waals surface area contributed by atoms with Crippen LogP contribution in [-0.4, -0.2) is 29.0 Å². The summed E-state index contributed by atoms with van der Waals surface area (Å²) in [6.07, 6.45) is 1.63. The highest BCUT2D eigenvalue weighted by molar-refractivity contribution is 7.16. The number of aromatic nitrogens is 1. The highest BCUT2D eigenvalue weighted by atomic mass is 32.1. The number of furan rings is 1. The van der Waals surface area contributed by atoms with Crippen LogP contribution in [0.25, 0.3) is 21.5 Å². The topological polar surface area (TPSA) is 80.7 Å². The van der Waals surface area contributed by atoms with E-state index in [1.165, 1.54) is 0 Å². The van der Waals surface area contributed by atoms with Gasteiger partial charge in [-0.15, -0.1) is 11.3 Å². The molecule has 140 valence electrons. The van der Waals surface area contributed by atoms with Crippen LogP contribution >= 0.6 is 11.3 Å². The SMILES string of the molecule is C[C@@](O)(CNCc1ccco1)COc1cccc(-c2onc3sccc23)c1. The van der Waals surface area contributed by atoms with E-state index in [2.05, 4.69) is 10.5 Å². The smallest absolute Gasteiger partial charge is 0.175 e. The molecule has 4 aromatic rings. The van der Waals surface area contributed by atoms with Crippen LogP contribution in [0.1, 0.15) is 12.7 Å². The predicted molar refractivity (Wildman–Crippen MR) is 104 cm³/mol. The van der Waals surface area contributed by atoms with Gasteiger partial charge in [0.25, 0.3) is 0 Å². The summed E-state index contributed by atoms with van der Waals surface area (Å²) in [4.78, 5) is 0.877. The van der Waals surface area contributed by atoms with Crippen molar-refractivity contribution in [1.29, 1.82) is 0 Å². The van der Waals surface area contributed by atoms with Crippen LogP contribution in [0, 0.1) is 0 Å². The molecule has 0 aliphatic rings. The average molecular weight is 384 g/mol. The second-order valence-electron chi connectivity index (χ2n) is 6.65. The van der Waals surface area contributed by atoms with Crippen LogP contribution < -0.4 is 10.1 Å². The molecule has 0 spiro atoms. The number of nitrogens with zero attached hydrogens (tertiary/aromatic N) is 1. The van der Waals surface area contributed by atoms with Crippen molar-refractivity contribution in [2.75, 3.05) is 13.2 Å². The molecule has 0 unspecified atom stereocenters. The maximum Gasteiger partial charge on any atom is 0.175 e. The first kappa shape index (κ1) is 17.8. The number of benzene rings is 1. The molecule has 0 saturated heterocycles. The summed E-state index contributed by atoms with van der Waals surface area (Å²) in [5.74, 6) is 2.22. The van der Waals surface area contributed by atoms with Crippen molar-refractivity contribution in [3.8, 4) is 17.1 Å². The maximum absolute atomic E-state index is 10.5. The summed E-state index contributed by atoms with van der Waals surface area (Å²) < 4.78 is 16.5. The van der Waals surface area contributed by atoms with E-state index in [1.54, 1.807) is 24.5 Å². The third-order valence-electron chi connectivity index (χ3n) is 4.14. The minimum absolute atomic E-state index is 0.159. The van der Waals surface area contributed by atoms with E-state index in [4.69, 9.17) is 13.7 Å². The molecule has 7 heteroatoms. The quantitative estimate of drug-likeness (QED) is 0.477. The molecule has 0 saturated carbocycles. The fraction of sp³-hybridized carbons (Fsp3) is 0.250. The van der Waals surface area contributed by atoms with Gasteiger partial charge in [0.15, 0.2) is 10.6 Å². The predicted octanol–water partition coefficient (Wildman–Crippen LogP) is 4.07. The van der Waals surface area contributed by atoms with Gasteiger partial charge in [-0.3, -0.25) is 0 Å². The molecule has 1 aromatic carbocycles. The van der Waals surface area contributed by atoms with Crippen LogP contribution in [0.15, 0.2) is 63.0 Å². The summed E-state index contributed by atoms with van der Waals surface area (Å²) in [6, 6.07) is 13.3. The number of thiophene rings is 1. The normalized spacial score (nSPS) is 13.7. The standard InChI is InChI=1S/C20H20N2O4S/c1-20(23,12-21-11-16-6-3-8-24-16)13-25-15-5-2-4-14(10-15)18-17-7-9-27-19(17)22-26-18/h2-10,21,23H,11-13H2,1H3/t20-/m1/s1. The Labute approximate surface area is 160 Å². The Balaban J connectivity index is 1.37. The monoisotopic (exact) mass is 384 g/mol. The van der Waals surface area contributed by atoms with Gasteiger partial charge in [-0.1, -0.05) is 17.3 Å². The largest absolute Gasteiger partial charge is 0.491 e. The zero-order valence-corrected chi connectivity index (χ0v) is 15.7. The van der Waals surface area contributed by atoms with Crippen molar-refractivity contribution in [3.63, 3.8) is 0 Å². The maximum atomic E-state index is 10.5. The van der Waals surface area contributed by atoms with Gasteiger partial charge in [0.2, 0.25) is 0 Å². The minimum Gasteiger partial charge on any atom is -0.491 e. The molecule has 0 bridgehead atoms. The highest BCUT2D eigenvalue weighted by Crippen LogP contribution is 2.33. The number of aliphatic hydroxyl groups is 1. The van der Waals surface area contributed by atoms with E-state index < -0.39 is 5.60 Å². The molecule has 0 aliphatic heterocycles. The third kappa shape index (κ3) is 4.21. The fourth-order valence-corrected chi connectivity index (χ4v) is 3.48. The van der Waals surface area contributed by atoms with Crippen molar-refractivity contribution in [2.45, 2.75) is 19.1 Å².